The van der Waals surface area contributed by atoms with Crippen LogP contribution in [0.3, 0.4) is 0 Å². The zero-order valence-corrected chi connectivity index (χ0v) is 11.5. The fourth-order valence-electron chi connectivity index (χ4n) is 1.18. The van der Waals surface area contributed by atoms with Crippen LogP contribution in [0.4, 0.5) is 4.39 Å². The van der Waals surface area contributed by atoms with Crippen molar-refractivity contribution in [3.63, 3.8) is 0 Å². The van der Waals surface area contributed by atoms with Crippen molar-refractivity contribution in [2.24, 2.45) is 0 Å². The average Bonchev–Trinajstić information content (AvgIpc) is 2.29. The third kappa shape index (κ3) is 3.97. The smallest absolute Gasteiger partial charge is 0.349 e. The molecule has 0 unspecified atom stereocenters. The summed E-state index contributed by atoms with van der Waals surface area (Å²) in [5, 5.41) is 8.89. The Hall–Kier alpha value is -1.67. The molecule has 0 atom stereocenters. The standard InChI is InChI=1S/C13H11BrFNO2/c1-8(2)18-13(17)10(7-16)5-9-3-4-12(15)11(14)6-9/h3-6,8H,1-2H3/b10-5-. The van der Waals surface area contributed by atoms with Crippen LogP contribution in [0.15, 0.2) is 28.2 Å². The molecule has 0 aliphatic heterocycles. The fourth-order valence-corrected chi connectivity index (χ4v) is 1.58. The minimum absolute atomic E-state index is 0.123. The molecule has 0 fully saturated rings. The highest BCUT2D eigenvalue weighted by Gasteiger charge is 2.12. The van der Waals surface area contributed by atoms with E-state index < -0.39 is 11.8 Å². The number of carbonyl (C=O) groups excluding carboxylic acids is 1. The molecule has 0 aliphatic rings. The number of benzene rings is 1. The highest BCUT2D eigenvalue weighted by molar-refractivity contribution is 9.10. The predicted molar refractivity (Wildman–Crippen MR) is 68.9 cm³/mol. The zero-order valence-electron chi connectivity index (χ0n) is 9.91. The molecule has 0 amide bonds. The first-order chi connectivity index (χ1) is 8.43. The van der Waals surface area contributed by atoms with Crippen LogP contribution >= 0.6 is 15.9 Å². The normalized spacial score (nSPS) is 11.2. The molecule has 0 bridgehead atoms. The maximum absolute atomic E-state index is 13.0. The van der Waals surface area contributed by atoms with Crippen molar-refractivity contribution in [3.8, 4) is 6.07 Å². The molecular weight excluding hydrogens is 301 g/mol. The number of rotatable bonds is 3. The van der Waals surface area contributed by atoms with Gasteiger partial charge in [-0.2, -0.15) is 5.26 Å². The Morgan fingerprint density at radius 1 is 1.56 bits per heavy atom. The number of ether oxygens (including phenoxy) is 1. The molecule has 0 aliphatic carbocycles. The number of hydrogen-bond donors (Lipinski definition) is 0. The lowest BCUT2D eigenvalue weighted by Crippen LogP contribution is -2.12. The highest BCUT2D eigenvalue weighted by atomic mass is 79.9. The van der Waals surface area contributed by atoms with Crippen LogP contribution in [0, 0.1) is 17.1 Å². The van der Waals surface area contributed by atoms with Crippen LogP contribution in [-0.4, -0.2) is 12.1 Å². The number of carbonyl (C=O) groups is 1. The number of nitriles is 1. The molecule has 3 nitrogen and oxygen atoms in total. The SMILES string of the molecule is CC(C)OC(=O)/C(C#N)=C\c1ccc(F)c(Br)c1. The van der Waals surface area contributed by atoms with Crippen molar-refractivity contribution < 1.29 is 13.9 Å². The Kier molecular flexibility index (Phi) is 5.05. The first-order valence-corrected chi connectivity index (χ1v) is 6.01. The van der Waals surface area contributed by atoms with E-state index in [4.69, 9.17) is 10.00 Å². The molecule has 0 radical (unpaired) electrons. The van der Waals surface area contributed by atoms with E-state index in [0.717, 1.165) is 0 Å². The largest absolute Gasteiger partial charge is 0.459 e. The lowest BCUT2D eigenvalue weighted by molar-refractivity contribution is -0.142. The van der Waals surface area contributed by atoms with E-state index in [9.17, 15) is 9.18 Å². The van der Waals surface area contributed by atoms with Gasteiger partial charge in [-0.1, -0.05) is 6.07 Å². The number of hydrogen-bond acceptors (Lipinski definition) is 3. The minimum Gasteiger partial charge on any atom is -0.459 e. The minimum atomic E-state index is -0.687. The van der Waals surface area contributed by atoms with E-state index in [1.165, 1.54) is 24.3 Å². The summed E-state index contributed by atoms with van der Waals surface area (Å²) in [5.41, 5.74) is 0.419. The molecule has 0 spiro atoms. The van der Waals surface area contributed by atoms with Gasteiger partial charge >= 0.3 is 5.97 Å². The zero-order chi connectivity index (χ0) is 13.7. The summed E-state index contributed by atoms with van der Waals surface area (Å²) >= 11 is 3.03. The summed E-state index contributed by atoms with van der Waals surface area (Å²) in [4.78, 5) is 11.5. The van der Waals surface area contributed by atoms with E-state index in [1.807, 2.05) is 0 Å². The van der Waals surface area contributed by atoms with Crippen LogP contribution in [0.25, 0.3) is 6.08 Å². The Morgan fingerprint density at radius 2 is 2.22 bits per heavy atom. The van der Waals surface area contributed by atoms with Gasteiger partial charge in [0.1, 0.15) is 17.5 Å². The van der Waals surface area contributed by atoms with Gasteiger partial charge in [0.2, 0.25) is 0 Å². The van der Waals surface area contributed by atoms with Crippen molar-refractivity contribution in [2.45, 2.75) is 20.0 Å². The van der Waals surface area contributed by atoms with Crippen molar-refractivity contribution in [1.29, 1.82) is 5.26 Å². The van der Waals surface area contributed by atoms with E-state index in [2.05, 4.69) is 15.9 Å². The summed E-state index contributed by atoms with van der Waals surface area (Å²) in [5.74, 6) is -1.09. The van der Waals surface area contributed by atoms with Crippen LogP contribution in [0.2, 0.25) is 0 Å². The Labute approximate surface area is 113 Å². The second-order valence-electron chi connectivity index (χ2n) is 3.80. The predicted octanol–water partition coefficient (Wildman–Crippen LogP) is 3.45. The van der Waals surface area contributed by atoms with E-state index in [0.29, 0.717) is 5.56 Å². The molecule has 1 aromatic carbocycles. The summed E-state index contributed by atoms with van der Waals surface area (Å²) in [6.07, 6.45) is 1.06. The maximum Gasteiger partial charge on any atom is 0.349 e. The van der Waals surface area contributed by atoms with Crippen LogP contribution in [-0.2, 0) is 9.53 Å². The molecule has 1 aromatic rings. The third-order valence-electron chi connectivity index (χ3n) is 1.94. The van der Waals surface area contributed by atoms with Crippen molar-refractivity contribution in [3.05, 3.63) is 39.6 Å². The van der Waals surface area contributed by atoms with Gasteiger partial charge in [-0.25, -0.2) is 9.18 Å². The maximum atomic E-state index is 13.0. The van der Waals surface area contributed by atoms with Crippen molar-refractivity contribution in [2.75, 3.05) is 0 Å². The molecule has 0 saturated carbocycles. The average molecular weight is 312 g/mol. The fraction of sp³-hybridized carbons (Fsp3) is 0.231. The first-order valence-electron chi connectivity index (χ1n) is 5.22. The molecule has 0 N–H and O–H groups in total. The number of esters is 1. The number of halogens is 2. The van der Waals surface area contributed by atoms with Gasteiger partial charge in [-0.15, -0.1) is 0 Å². The van der Waals surface area contributed by atoms with E-state index in [1.54, 1.807) is 19.9 Å². The topological polar surface area (TPSA) is 50.1 Å². The van der Waals surface area contributed by atoms with Crippen molar-refractivity contribution >= 4 is 28.0 Å². The van der Waals surface area contributed by atoms with Gasteiger partial charge in [0, 0.05) is 0 Å². The van der Waals surface area contributed by atoms with E-state index in [-0.39, 0.29) is 16.1 Å². The third-order valence-corrected chi connectivity index (χ3v) is 2.55. The monoisotopic (exact) mass is 311 g/mol. The molecule has 94 valence electrons. The molecule has 18 heavy (non-hydrogen) atoms. The summed E-state index contributed by atoms with van der Waals surface area (Å²) in [6.45, 7) is 3.39. The molecule has 5 heteroatoms. The van der Waals surface area contributed by atoms with Gasteiger partial charge in [-0.3, -0.25) is 0 Å². The van der Waals surface area contributed by atoms with Gasteiger partial charge in [0.15, 0.2) is 0 Å². The van der Waals surface area contributed by atoms with E-state index >= 15 is 0 Å². The lowest BCUT2D eigenvalue weighted by Gasteiger charge is -2.06. The Bertz CT molecular complexity index is 532. The van der Waals surface area contributed by atoms with Gasteiger partial charge < -0.3 is 4.74 Å². The number of nitrogens with zero attached hydrogens (tertiary/aromatic N) is 1. The van der Waals surface area contributed by atoms with Gasteiger partial charge in [0.05, 0.1) is 10.6 Å². The molecule has 0 heterocycles. The Balaban J connectivity index is 3.01. The van der Waals surface area contributed by atoms with Crippen molar-refractivity contribution in [1.82, 2.24) is 0 Å². The summed E-state index contributed by atoms with van der Waals surface area (Å²) in [7, 11) is 0. The summed E-state index contributed by atoms with van der Waals surface area (Å²) in [6, 6.07) is 5.97. The summed E-state index contributed by atoms with van der Waals surface area (Å²) < 4.78 is 18.2. The van der Waals surface area contributed by atoms with Crippen LogP contribution in [0.5, 0.6) is 0 Å². The molecule has 0 aromatic heterocycles. The van der Waals surface area contributed by atoms with Gasteiger partial charge in [0.25, 0.3) is 0 Å². The molecular formula is C13H11BrFNO2. The quantitative estimate of drug-likeness (QED) is 0.488. The second kappa shape index (κ2) is 6.31. The Morgan fingerprint density at radius 3 is 2.72 bits per heavy atom. The van der Waals surface area contributed by atoms with Crippen LogP contribution < -0.4 is 0 Å². The van der Waals surface area contributed by atoms with Gasteiger partial charge in [-0.05, 0) is 53.5 Å². The molecule has 0 saturated heterocycles. The second-order valence-corrected chi connectivity index (χ2v) is 4.65. The molecule has 1 rings (SSSR count). The first kappa shape index (κ1) is 14.4. The lowest BCUT2D eigenvalue weighted by atomic mass is 10.1. The highest BCUT2D eigenvalue weighted by Crippen LogP contribution is 2.19. The van der Waals surface area contributed by atoms with Crippen LogP contribution in [0.1, 0.15) is 19.4 Å².